The lowest BCUT2D eigenvalue weighted by Crippen LogP contribution is -2.16. The molecule has 0 fully saturated rings. The highest BCUT2D eigenvalue weighted by Crippen LogP contribution is 2.24. The highest BCUT2D eigenvalue weighted by molar-refractivity contribution is 6.03. The van der Waals surface area contributed by atoms with Gasteiger partial charge in [-0.05, 0) is 24.6 Å². The summed E-state index contributed by atoms with van der Waals surface area (Å²) < 4.78 is 16.2. The average molecular weight is 365 g/mol. The van der Waals surface area contributed by atoms with Gasteiger partial charge in [0.05, 0.1) is 12.3 Å². The molecule has 3 aromatic rings. The third-order valence-electron chi connectivity index (χ3n) is 3.69. The van der Waals surface area contributed by atoms with Crippen molar-refractivity contribution >= 4 is 11.6 Å². The zero-order valence-corrected chi connectivity index (χ0v) is 14.8. The van der Waals surface area contributed by atoms with E-state index < -0.39 is 11.3 Å². The van der Waals surface area contributed by atoms with Crippen LogP contribution in [0.2, 0.25) is 0 Å². The zero-order chi connectivity index (χ0) is 19.1. The van der Waals surface area contributed by atoms with E-state index in [0.717, 1.165) is 17.9 Å². The van der Waals surface area contributed by atoms with Gasteiger partial charge in [-0.1, -0.05) is 42.5 Å². The van der Waals surface area contributed by atoms with Gasteiger partial charge < -0.3 is 19.2 Å². The van der Waals surface area contributed by atoms with Gasteiger partial charge in [-0.25, -0.2) is 0 Å². The minimum Gasteiger partial charge on any atom is -0.492 e. The van der Waals surface area contributed by atoms with E-state index in [2.05, 4.69) is 5.32 Å². The van der Waals surface area contributed by atoms with Gasteiger partial charge >= 0.3 is 0 Å². The SMILES string of the molecule is CCOc1ccccc1NC(=O)c1cc(=O)c(OCc2ccccc2)co1. The molecule has 6 heteroatoms. The van der Waals surface area contributed by atoms with Crippen LogP contribution in [0.4, 0.5) is 5.69 Å². The molecule has 1 aromatic heterocycles. The highest BCUT2D eigenvalue weighted by atomic mass is 16.5. The molecule has 27 heavy (non-hydrogen) atoms. The van der Waals surface area contributed by atoms with E-state index in [9.17, 15) is 9.59 Å². The van der Waals surface area contributed by atoms with Crippen molar-refractivity contribution in [1.29, 1.82) is 0 Å². The van der Waals surface area contributed by atoms with Crippen LogP contribution in [0, 0.1) is 0 Å². The van der Waals surface area contributed by atoms with Crippen molar-refractivity contribution < 1.29 is 18.7 Å². The summed E-state index contributed by atoms with van der Waals surface area (Å²) in [5.74, 6) is -0.0733. The molecule has 0 unspecified atom stereocenters. The molecule has 0 saturated heterocycles. The van der Waals surface area contributed by atoms with E-state index in [-0.39, 0.29) is 18.1 Å². The van der Waals surface area contributed by atoms with Gasteiger partial charge in [0, 0.05) is 6.07 Å². The Kier molecular flexibility index (Phi) is 5.89. The molecule has 138 valence electrons. The maximum absolute atomic E-state index is 12.4. The Morgan fingerprint density at radius 1 is 1.00 bits per heavy atom. The number of carbonyl (C=O) groups excluding carboxylic acids is 1. The lowest BCUT2D eigenvalue weighted by Gasteiger charge is -2.11. The number of benzene rings is 2. The summed E-state index contributed by atoms with van der Waals surface area (Å²) in [6, 6.07) is 17.6. The number of ether oxygens (including phenoxy) is 2. The predicted molar refractivity (Wildman–Crippen MR) is 101 cm³/mol. The van der Waals surface area contributed by atoms with Crippen LogP contribution in [0.3, 0.4) is 0 Å². The lowest BCUT2D eigenvalue weighted by molar-refractivity contribution is 0.0993. The van der Waals surface area contributed by atoms with Gasteiger partial charge in [-0.2, -0.15) is 0 Å². The summed E-state index contributed by atoms with van der Waals surface area (Å²) in [5, 5.41) is 2.68. The molecule has 6 nitrogen and oxygen atoms in total. The van der Waals surface area contributed by atoms with Crippen molar-refractivity contribution in [2.24, 2.45) is 0 Å². The van der Waals surface area contributed by atoms with E-state index in [1.807, 2.05) is 37.3 Å². The molecular weight excluding hydrogens is 346 g/mol. The second-order valence-corrected chi connectivity index (χ2v) is 5.63. The first-order valence-corrected chi connectivity index (χ1v) is 8.50. The van der Waals surface area contributed by atoms with Crippen LogP contribution < -0.4 is 20.2 Å². The van der Waals surface area contributed by atoms with Gasteiger partial charge in [0.1, 0.15) is 18.6 Å². The van der Waals surface area contributed by atoms with Gasteiger partial charge in [-0.3, -0.25) is 9.59 Å². The largest absolute Gasteiger partial charge is 0.492 e. The molecule has 0 bridgehead atoms. The summed E-state index contributed by atoms with van der Waals surface area (Å²) >= 11 is 0. The van der Waals surface area contributed by atoms with Crippen LogP contribution in [-0.4, -0.2) is 12.5 Å². The maximum atomic E-state index is 12.4. The number of rotatable bonds is 7. The number of nitrogens with one attached hydrogen (secondary N) is 1. The van der Waals surface area contributed by atoms with E-state index in [0.29, 0.717) is 18.0 Å². The molecule has 0 aliphatic heterocycles. The Morgan fingerprint density at radius 2 is 1.74 bits per heavy atom. The Morgan fingerprint density at radius 3 is 2.48 bits per heavy atom. The molecule has 1 N–H and O–H groups in total. The molecule has 2 aromatic carbocycles. The first-order valence-electron chi connectivity index (χ1n) is 8.50. The number of hydrogen-bond acceptors (Lipinski definition) is 5. The van der Waals surface area contributed by atoms with Crippen molar-refractivity contribution in [3.05, 3.63) is 88.5 Å². The van der Waals surface area contributed by atoms with Gasteiger partial charge in [0.25, 0.3) is 5.91 Å². The van der Waals surface area contributed by atoms with Crippen molar-refractivity contribution in [1.82, 2.24) is 0 Å². The Balaban J connectivity index is 1.70. The normalized spacial score (nSPS) is 10.3. The lowest BCUT2D eigenvalue weighted by atomic mass is 10.2. The Labute approximate surface area is 156 Å². The van der Waals surface area contributed by atoms with Gasteiger partial charge in [0.15, 0.2) is 5.76 Å². The van der Waals surface area contributed by atoms with Crippen LogP contribution in [-0.2, 0) is 6.61 Å². The minimum atomic E-state index is -0.547. The molecule has 0 aliphatic rings. The van der Waals surface area contributed by atoms with E-state index in [1.165, 1.54) is 0 Å². The van der Waals surface area contributed by atoms with Gasteiger partial charge in [-0.15, -0.1) is 0 Å². The number of amides is 1. The summed E-state index contributed by atoms with van der Waals surface area (Å²) in [6.07, 6.45) is 1.15. The van der Waals surface area contributed by atoms with Crippen LogP contribution in [0.25, 0.3) is 0 Å². The fourth-order valence-corrected chi connectivity index (χ4v) is 2.39. The molecule has 3 rings (SSSR count). The maximum Gasteiger partial charge on any atom is 0.291 e. The highest BCUT2D eigenvalue weighted by Gasteiger charge is 2.14. The second-order valence-electron chi connectivity index (χ2n) is 5.63. The van der Waals surface area contributed by atoms with Crippen LogP contribution in [0.1, 0.15) is 23.0 Å². The molecule has 0 atom stereocenters. The van der Waals surface area contributed by atoms with Crippen molar-refractivity contribution in [2.45, 2.75) is 13.5 Å². The predicted octanol–water partition coefficient (Wildman–Crippen LogP) is 3.87. The van der Waals surface area contributed by atoms with Crippen molar-refractivity contribution in [2.75, 3.05) is 11.9 Å². The van der Waals surface area contributed by atoms with Crippen LogP contribution >= 0.6 is 0 Å². The molecule has 0 aliphatic carbocycles. The third kappa shape index (κ3) is 4.76. The summed E-state index contributed by atoms with van der Waals surface area (Å²) in [7, 11) is 0. The topological polar surface area (TPSA) is 77.8 Å². The summed E-state index contributed by atoms with van der Waals surface area (Å²) in [4.78, 5) is 24.6. The van der Waals surface area contributed by atoms with Crippen LogP contribution in [0.5, 0.6) is 11.5 Å². The number of carbonyl (C=O) groups is 1. The Bertz CT molecular complexity index is 966. The second kappa shape index (κ2) is 8.71. The Hall–Kier alpha value is -3.54. The minimum absolute atomic E-state index is 0.0464. The molecular formula is C21H19NO5. The summed E-state index contributed by atoms with van der Waals surface area (Å²) in [5.41, 5.74) is 0.989. The molecule has 0 radical (unpaired) electrons. The van der Waals surface area contributed by atoms with E-state index >= 15 is 0 Å². The van der Waals surface area contributed by atoms with Gasteiger partial charge in [0.2, 0.25) is 11.2 Å². The number of para-hydroxylation sites is 2. The smallest absolute Gasteiger partial charge is 0.291 e. The standard InChI is InChI=1S/C21H19NO5/c1-2-25-18-11-7-6-10-16(18)22-21(24)19-12-17(23)20(14-27-19)26-13-15-8-4-3-5-9-15/h3-12,14H,2,13H2,1H3,(H,22,24). The van der Waals surface area contributed by atoms with E-state index in [4.69, 9.17) is 13.9 Å². The molecule has 0 saturated carbocycles. The molecule has 0 spiro atoms. The van der Waals surface area contributed by atoms with Crippen molar-refractivity contribution in [3.8, 4) is 11.5 Å². The first kappa shape index (κ1) is 18.3. The zero-order valence-electron chi connectivity index (χ0n) is 14.8. The monoisotopic (exact) mass is 365 g/mol. The average Bonchev–Trinajstić information content (AvgIpc) is 2.69. The number of anilines is 1. The third-order valence-corrected chi connectivity index (χ3v) is 3.69. The molecule has 1 amide bonds. The summed E-state index contributed by atoms with van der Waals surface area (Å²) in [6.45, 7) is 2.56. The fourth-order valence-electron chi connectivity index (χ4n) is 2.39. The van der Waals surface area contributed by atoms with Crippen molar-refractivity contribution in [3.63, 3.8) is 0 Å². The number of hydrogen-bond donors (Lipinski definition) is 1. The van der Waals surface area contributed by atoms with Crippen LogP contribution in [0.15, 0.2) is 76.1 Å². The molecule has 1 heterocycles. The first-order chi connectivity index (χ1) is 13.2. The quantitative estimate of drug-likeness (QED) is 0.688. The van der Waals surface area contributed by atoms with E-state index in [1.54, 1.807) is 24.3 Å². The fraction of sp³-hybridized carbons (Fsp3) is 0.143.